The molecule has 2 saturated heterocycles. The van der Waals surface area contributed by atoms with Crippen molar-refractivity contribution in [3.05, 3.63) is 12.3 Å². The van der Waals surface area contributed by atoms with Crippen LogP contribution in [-0.4, -0.2) is 74.6 Å². The third kappa shape index (κ3) is 2.40. The van der Waals surface area contributed by atoms with Crippen molar-refractivity contribution in [1.29, 1.82) is 0 Å². The van der Waals surface area contributed by atoms with Crippen LogP contribution in [-0.2, 0) is 9.53 Å². The van der Waals surface area contributed by atoms with Gasteiger partial charge < -0.3 is 35.4 Å². The number of aliphatic hydroxyl groups excluding tert-OH is 3. The first-order valence-corrected chi connectivity index (χ1v) is 6.40. The Hall–Kier alpha value is -1.19. The predicted molar refractivity (Wildman–Crippen MR) is 67.0 cm³/mol. The molecule has 1 amide bonds. The second-order valence-electron chi connectivity index (χ2n) is 5.31. The maximum absolute atomic E-state index is 12.2. The second-order valence-corrected chi connectivity index (χ2v) is 5.31. The normalized spacial score (nSPS) is 42.5. The van der Waals surface area contributed by atoms with Gasteiger partial charge in [-0.2, -0.15) is 0 Å². The number of aliphatic hydroxyl groups is 4. The van der Waals surface area contributed by atoms with Crippen molar-refractivity contribution < 1.29 is 30.0 Å². The number of hydrogen-bond donors (Lipinski definition) is 5. The molecule has 2 rings (SSSR count). The number of carbonyl (C=O) groups is 1. The molecule has 2 unspecified atom stereocenters. The van der Waals surface area contributed by atoms with Crippen LogP contribution in [0, 0.1) is 0 Å². The van der Waals surface area contributed by atoms with Crippen LogP contribution in [0.15, 0.2) is 12.3 Å². The van der Waals surface area contributed by atoms with E-state index in [1.165, 1.54) is 11.8 Å². The number of amides is 1. The third-order valence-corrected chi connectivity index (χ3v) is 3.72. The molecule has 0 saturated carbocycles. The molecule has 5 N–H and O–H groups in total. The number of nitrogens with zero attached hydrogens (tertiary/aromatic N) is 1. The molecule has 20 heavy (non-hydrogen) atoms. The van der Waals surface area contributed by atoms with Crippen LogP contribution in [0.5, 0.6) is 0 Å². The Morgan fingerprint density at radius 3 is 2.75 bits per heavy atom. The maximum atomic E-state index is 12.2. The summed E-state index contributed by atoms with van der Waals surface area (Å²) in [6, 6.07) is 0. The summed E-state index contributed by atoms with van der Waals surface area (Å²) >= 11 is 0. The van der Waals surface area contributed by atoms with E-state index in [9.17, 15) is 20.1 Å². The zero-order valence-corrected chi connectivity index (χ0v) is 11.2. The fourth-order valence-corrected chi connectivity index (χ4v) is 2.53. The summed E-state index contributed by atoms with van der Waals surface area (Å²) in [6.45, 7) is 4.51. The highest BCUT2D eigenvalue weighted by Gasteiger charge is 2.55. The molecule has 114 valence electrons. The SMILES string of the molecule is C=C1NC(O)CCN(C2O[C@H](CO)[C@@H](O)[C@@]2(C)O)C1=O. The molecular weight excluding hydrogens is 268 g/mol. The summed E-state index contributed by atoms with van der Waals surface area (Å²) in [5.41, 5.74) is -1.74. The fourth-order valence-electron chi connectivity index (χ4n) is 2.53. The minimum Gasteiger partial charge on any atom is -0.394 e. The molecule has 8 nitrogen and oxygen atoms in total. The van der Waals surface area contributed by atoms with Crippen LogP contribution in [0.2, 0.25) is 0 Å². The second kappa shape index (κ2) is 5.30. The van der Waals surface area contributed by atoms with E-state index >= 15 is 0 Å². The minimum atomic E-state index is -1.72. The molecule has 0 spiro atoms. The number of carbonyl (C=O) groups excluding carboxylic acids is 1. The average Bonchev–Trinajstić information content (AvgIpc) is 2.53. The zero-order chi connectivity index (χ0) is 15.1. The topological polar surface area (TPSA) is 122 Å². The van der Waals surface area contributed by atoms with Gasteiger partial charge in [0.25, 0.3) is 5.91 Å². The lowest BCUT2D eigenvalue weighted by atomic mass is 9.96. The first-order valence-electron chi connectivity index (χ1n) is 6.40. The lowest BCUT2D eigenvalue weighted by Crippen LogP contribution is -2.55. The van der Waals surface area contributed by atoms with Gasteiger partial charge in [0.05, 0.1) is 12.3 Å². The van der Waals surface area contributed by atoms with Gasteiger partial charge in [-0.1, -0.05) is 6.58 Å². The molecule has 0 aromatic carbocycles. The Balaban J connectivity index is 2.25. The highest BCUT2D eigenvalue weighted by molar-refractivity contribution is 5.92. The molecule has 0 bridgehead atoms. The molecule has 2 aliphatic rings. The zero-order valence-electron chi connectivity index (χ0n) is 11.2. The van der Waals surface area contributed by atoms with Crippen molar-refractivity contribution >= 4 is 5.91 Å². The largest absolute Gasteiger partial charge is 0.394 e. The summed E-state index contributed by atoms with van der Waals surface area (Å²) in [4.78, 5) is 13.4. The van der Waals surface area contributed by atoms with Gasteiger partial charge in [-0.05, 0) is 6.92 Å². The number of rotatable bonds is 2. The summed E-state index contributed by atoms with van der Waals surface area (Å²) in [6.07, 6.45) is -4.11. The van der Waals surface area contributed by atoms with Gasteiger partial charge in [-0.25, -0.2) is 0 Å². The van der Waals surface area contributed by atoms with E-state index in [1.54, 1.807) is 0 Å². The molecule has 2 aliphatic heterocycles. The molecule has 2 heterocycles. The van der Waals surface area contributed by atoms with Gasteiger partial charge in [-0.3, -0.25) is 4.79 Å². The van der Waals surface area contributed by atoms with Crippen molar-refractivity contribution in [3.63, 3.8) is 0 Å². The third-order valence-electron chi connectivity index (χ3n) is 3.72. The van der Waals surface area contributed by atoms with Crippen LogP contribution < -0.4 is 5.32 Å². The number of nitrogens with one attached hydrogen (secondary N) is 1. The van der Waals surface area contributed by atoms with Gasteiger partial charge in [0.1, 0.15) is 24.0 Å². The van der Waals surface area contributed by atoms with Crippen LogP contribution >= 0.6 is 0 Å². The van der Waals surface area contributed by atoms with Crippen LogP contribution in [0.25, 0.3) is 0 Å². The van der Waals surface area contributed by atoms with Crippen LogP contribution in [0.3, 0.4) is 0 Å². The minimum absolute atomic E-state index is 0.0173. The molecule has 0 aromatic heterocycles. The Morgan fingerprint density at radius 1 is 1.55 bits per heavy atom. The van der Waals surface area contributed by atoms with Gasteiger partial charge >= 0.3 is 0 Å². The van der Waals surface area contributed by atoms with Crippen molar-refractivity contribution in [1.82, 2.24) is 10.2 Å². The highest BCUT2D eigenvalue weighted by atomic mass is 16.6. The Bertz CT molecular complexity index is 413. The van der Waals surface area contributed by atoms with Gasteiger partial charge in [0.15, 0.2) is 6.23 Å². The smallest absolute Gasteiger partial charge is 0.271 e. The van der Waals surface area contributed by atoms with E-state index in [4.69, 9.17) is 9.84 Å². The molecular formula is C12H20N2O6. The fraction of sp³-hybridized carbons (Fsp3) is 0.750. The molecule has 0 radical (unpaired) electrons. The van der Waals surface area contributed by atoms with E-state index < -0.39 is 42.8 Å². The maximum Gasteiger partial charge on any atom is 0.271 e. The van der Waals surface area contributed by atoms with E-state index in [0.717, 1.165) is 0 Å². The van der Waals surface area contributed by atoms with Crippen molar-refractivity contribution in [3.8, 4) is 0 Å². The summed E-state index contributed by atoms with van der Waals surface area (Å²) in [5, 5.41) is 41.5. The summed E-state index contributed by atoms with van der Waals surface area (Å²) < 4.78 is 5.39. The van der Waals surface area contributed by atoms with Crippen LogP contribution in [0.1, 0.15) is 13.3 Å². The molecule has 5 atom stereocenters. The quantitative estimate of drug-likeness (QED) is 0.355. The van der Waals surface area contributed by atoms with E-state index in [1.807, 2.05) is 0 Å². The lowest BCUT2D eigenvalue weighted by Gasteiger charge is -2.34. The Morgan fingerprint density at radius 2 is 2.20 bits per heavy atom. The van der Waals surface area contributed by atoms with E-state index in [2.05, 4.69) is 11.9 Å². The Labute approximate surface area is 116 Å². The van der Waals surface area contributed by atoms with Crippen molar-refractivity contribution in [2.24, 2.45) is 0 Å². The number of ether oxygens (including phenoxy) is 1. The molecule has 0 aromatic rings. The first kappa shape index (κ1) is 15.2. The lowest BCUT2D eigenvalue weighted by molar-refractivity contribution is -0.161. The number of hydrogen-bond acceptors (Lipinski definition) is 7. The highest BCUT2D eigenvalue weighted by Crippen LogP contribution is 2.34. The molecule has 0 aliphatic carbocycles. The van der Waals surface area contributed by atoms with Crippen LogP contribution in [0.4, 0.5) is 0 Å². The van der Waals surface area contributed by atoms with E-state index in [0.29, 0.717) is 0 Å². The monoisotopic (exact) mass is 288 g/mol. The van der Waals surface area contributed by atoms with Crippen molar-refractivity contribution in [2.75, 3.05) is 13.2 Å². The molecule has 8 heteroatoms. The predicted octanol–water partition coefficient (Wildman–Crippen LogP) is -2.53. The van der Waals surface area contributed by atoms with Gasteiger partial charge in [0, 0.05) is 13.0 Å². The van der Waals surface area contributed by atoms with E-state index in [-0.39, 0.29) is 18.7 Å². The average molecular weight is 288 g/mol. The Kier molecular flexibility index (Phi) is 4.03. The van der Waals surface area contributed by atoms with Crippen molar-refractivity contribution in [2.45, 2.75) is 43.6 Å². The van der Waals surface area contributed by atoms with Gasteiger partial charge in [-0.15, -0.1) is 0 Å². The summed E-state index contributed by atoms with van der Waals surface area (Å²) in [5.74, 6) is -0.530. The molecule has 2 fully saturated rings. The summed E-state index contributed by atoms with van der Waals surface area (Å²) in [7, 11) is 0. The standard InChI is InChI=1S/C12H20N2O6/c1-6-10(18)14(4-3-8(16)13-6)11-12(2,19)9(17)7(5-15)20-11/h7-9,11,13,15-17,19H,1,3-5H2,2H3/t7-,8?,9-,11?,12-/m1/s1. The first-order chi connectivity index (χ1) is 9.28. The van der Waals surface area contributed by atoms with Gasteiger partial charge in [0.2, 0.25) is 0 Å².